The molecule has 1 N–H and O–H groups in total. The highest BCUT2D eigenvalue weighted by Gasteiger charge is 2.41. The van der Waals surface area contributed by atoms with Crippen LogP contribution >= 0.6 is 0 Å². The van der Waals surface area contributed by atoms with Gasteiger partial charge in [-0.2, -0.15) is 26.3 Å². The van der Waals surface area contributed by atoms with E-state index in [1.54, 1.807) is 0 Å². The van der Waals surface area contributed by atoms with Crippen LogP contribution in [0, 0.1) is 0 Å². The average molecular weight is 260 g/mol. The lowest BCUT2D eigenvalue weighted by Gasteiger charge is -2.10. The fourth-order valence-corrected chi connectivity index (χ4v) is 0.882. The molecule has 0 radical (unpaired) electrons. The summed E-state index contributed by atoms with van der Waals surface area (Å²) >= 11 is 0. The molecule has 0 bridgehead atoms. The number of halogens is 6. The van der Waals surface area contributed by atoms with Crippen LogP contribution in [-0.4, -0.2) is 21.0 Å². The van der Waals surface area contributed by atoms with Gasteiger partial charge in [-0.3, -0.25) is 0 Å². The SMILES string of the molecule is O=C(O)c1nc(C(F)(F)F)cnc1C(F)(F)F. The van der Waals surface area contributed by atoms with Gasteiger partial charge in [0.05, 0.1) is 6.20 Å². The van der Waals surface area contributed by atoms with E-state index in [-0.39, 0.29) is 6.20 Å². The summed E-state index contributed by atoms with van der Waals surface area (Å²) in [4.78, 5) is 15.2. The van der Waals surface area contributed by atoms with Crippen LogP contribution < -0.4 is 0 Å². The van der Waals surface area contributed by atoms with E-state index in [0.717, 1.165) is 0 Å². The van der Waals surface area contributed by atoms with Gasteiger partial charge < -0.3 is 5.11 Å². The van der Waals surface area contributed by atoms with Crippen LogP contribution in [0.2, 0.25) is 0 Å². The van der Waals surface area contributed by atoms with Gasteiger partial charge in [-0.15, -0.1) is 0 Å². The number of hydrogen-bond donors (Lipinski definition) is 1. The number of nitrogens with zero attached hydrogens (tertiary/aromatic N) is 2. The number of aromatic nitrogens is 2. The summed E-state index contributed by atoms with van der Waals surface area (Å²) in [5.41, 5.74) is -5.56. The van der Waals surface area contributed by atoms with E-state index in [1.165, 1.54) is 0 Å². The van der Waals surface area contributed by atoms with E-state index in [2.05, 4.69) is 9.97 Å². The number of aromatic carboxylic acids is 1. The Morgan fingerprint density at radius 2 is 1.65 bits per heavy atom. The third-order valence-electron chi connectivity index (χ3n) is 1.53. The Kier molecular flexibility index (Phi) is 2.99. The highest BCUT2D eigenvalue weighted by Crippen LogP contribution is 2.32. The third kappa shape index (κ3) is 2.82. The summed E-state index contributed by atoms with van der Waals surface area (Å²) in [7, 11) is 0. The van der Waals surface area contributed by atoms with Crippen LogP contribution in [0.15, 0.2) is 6.20 Å². The number of rotatable bonds is 1. The topological polar surface area (TPSA) is 63.1 Å². The molecule has 0 spiro atoms. The molecule has 1 aromatic rings. The molecule has 1 rings (SSSR count). The fourth-order valence-electron chi connectivity index (χ4n) is 0.882. The molecule has 0 amide bonds. The van der Waals surface area contributed by atoms with Crippen molar-refractivity contribution in [1.29, 1.82) is 0 Å². The fraction of sp³-hybridized carbons (Fsp3) is 0.286. The first-order valence-corrected chi connectivity index (χ1v) is 3.78. The van der Waals surface area contributed by atoms with E-state index in [1.807, 2.05) is 0 Å². The van der Waals surface area contributed by atoms with E-state index in [9.17, 15) is 31.1 Å². The molecule has 0 aliphatic carbocycles. The second-order valence-corrected chi connectivity index (χ2v) is 2.75. The van der Waals surface area contributed by atoms with Crippen molar-refractivity contribution >= 4 is 5.97 Å². The predicted octanol–water partition coefficient (Wildman–Crippen LogP) is 2.21. The zero-order valence-corrected chi connectivity index (χ0v) is 7.60. The Bertz CT molecular complexity index is 453. The molecule has 10 heteroatoms. The van der Waals surface area contributed by atoms with Gasteiger partial charge in [0.25, 0.3) is 0 Å². The van der Waals surface area contributed by atoms with Crippen molar-refractivity contribution in [3.05, 3.63) is 23.3 Å². The van der Waals surface area contributed by atoms with Crippen molar-refractivity contribution in [3.63, 3.8) is 0 Å². The smallest absolute Gasteiger partial charge is 0.435 e. The van der Waals surface area contributed by atoms with Gasteiger partial charge in [-0.1, -0.05) is 0 Å². The summed E-state index contributed by atoms with van der Waals surface area (Å²) in [6, 6.07) is 0. The first-order chi connectivity index (χ1) is 7.53. The minimum Gasteiger partial charge on any atom is -0.476 e. The third-order valence-corrected chi connectivity index (χ3v) is 1.53. The van der Waals surface area contributed by atoms with Gasteiger partial charge in [-0.25, -0.2) is 14.8 Å². The maximum Gasteiger partial charge on any atom is 0.435 e. The number of hydrogen-bond acceptors (Lipinski definition) is 3. The highest BCUT2D eigenvalue weighted by atomic mass is 19.4. The second-order valence-electron chi connectivity index (χ2n) is 2.75. The molecular formula is C7H2F6N2O2. The van der Waals surface area contributed by atoms with Crippen LogP contribution in [0.5, 0.6) is 0 Å². The average Bonchev–Trinajstić information content (AvgIpc) is 2.14. The molecular weight excluding hydrogens is 258 g/mol. The molecule has 4 nitrogen and oxygen atoms in total. The molecule has 0 fully saturated rings. The summed E-state index contributed by atoms with van der Waals surface area (Å²) < 4.78 is 72.8. The van der Waals surface area contributed by atoms with Crippen molar-refractivity contribution in [2.24, 2.45) is 0 Å². The number of carbonyl (C=O) groups is 1. The Balaban J connectivity index is 3.43. The second kappa shape index (κ2) is 3.86. The zero-order chi connectivity index (χ0) is 13.4. The van der Waals surface area contributed by atoms with Crippen LogP contribution in [0.25, 0.3) is 0 Å². The lowest BCUT2D eigenvalue weighted by atomic mass is 10.2. The summed E-state index contributed by atoms with van der Waals surface area (Å²) in [6.45, 7) is 0. The van der Waals surface area contributed by atoms with Gasteiger partial charge in [0.1, 0.15) is 0 Å². The first kappa shape index (κ1) is 13.2. The van der Waals surface area contributed by atoms with Gasteiger partial charge in [0.2, 0.25) is 0 Å². The number of carboxylic acids is 1. The normalized spacial score (nSPS) is 12.6. The van der Waals surface area contributed by atoms with Crippen molar-refractivity contribution < 1.29 is 36.2 Å². The molecule has 1 heterocycles. The Morgan fingerprint density at radius 1 is 1.12 bits per heavy atom. The maximum absolute atomic E-state index is 12.2. The molecule has 94 valence electrons. The van der Waals surface area contributed by atoms with Gasteiger partial charge in [0.15, 0.2) is 17.1 Å². The van der Waals surface area contributed by atoms with Crippen LogP contribution in [0.1, 0.15) is 21.9 Å². The van der Waals surface area contributed by atoms with Crippen LogP contribution in [0.4, 0.5) is 26.3 Å². The molecule has 0 saturated carbocycles. The lowest BCUT2D eigenvalue weighted by Crippen LogP contribution is -2.20. The minimum absolute atomic E-state index is 0.171. The lowest BCUT2D eigenvalue weighted by molar-refractivity contribution is -0.147. The molecule has 0 atom stereocenters. The van der Waals surface area contributed by atoms with Crippen molar-refractivity contribution in [2.45, 2.75) is 12.4 Å². The first-order valence-electron chi connectivity index (χ1n) is 3.78. The van der Waals surface area contributed by atoms with E-state index < -0.39 is 35.4 Å². The maximum atomic E-state index is 12.2. The van der Waals surface area contributed by atoms with Crippen LogP contribution in [0.3, 0.4) is 0 Å². The summed E-state index contributed by atoms with van der Waals surface area (Å²) in [6.07, 6.45) is -10.4. The van der Waals surface area contributed by atoms with Gasteiger partial charge >= 0.3 is 18.3 Å². The summed E-state index contributed by atoms with van der Waals surface area (Å²) in [5, 5.41) is 8.35. The summed E-state index contributed by atoms with van der Waals surface area (Å²) in [5.74, 6) is -2.24. The van der Waals surface area contributed by atoms with E-state index in [0.29, 0.717) is 0 Å². The Labute approximate surface area is 88.9 Å². The van der Waals surface area contributed by atoms with Crippen LogP contribution in [-0.2, 0) is 12.4 Å². The predicted molar refractivity (Wildman–Crippen MR) is 39.0 cm³/mol. The van der Waals surface area contributed by atoms with E-state index in [4.69, 9.17) is 5.11 Å². The quantitative estimate of drug-likeness (QED) is 0.786. The van der Waals surface area contributed by atoms with Gasteiger partial charge in [0, 0.05) is 0 Å². The van der Waals surface area contributed by atoms with E-state index >= 15 is 0 Å². The molecule has 0 unspecified atom stereocenters. The van der Waals surface area contributed by atoms with Crippen molar-refractivity contribution in [1.82, 2.24) is 9.97 Å². The van der Waals surface area contributed by atoms with Crippen molar-refractivity contribution in [2.75, 3.05) is 0 Å². The monoisotopic (exact) mass is 260 g/mol. The molecule has 0 aliphatic rings. The zero-order valence-electron chi connectivity index (χ0n) is 7.60. The molecule has 1 aromatic heterocycles. The highest BCUT2D eigenvalue weighted by molar-refractivity contribution is 5.86. The van der Waals surface area contributed by atoms with Crippen molar-refractivity contribution in [3.8, 4) is 0 Å². The standard InChI is InChI=1S/C7H2F6N2O2/c8-6(9,10)2-1-14-4(7(11,12)13)3(15-2)5(16)17/h1H,(H,16,17). The molecule has 0 saturated heterocycles. The molecule has 17 heavy (non-hydrogen) atoms. The number of carboxylic acid groups (broad SMARTS) is 1. The largest absolute Gasteiger partial charge is 0.476 e. The minimum atomic E-state index is -5.19. The number of alkyl halides is 6. The molecule has 0 aliphatic heterocycles. The molecule has 0 aromatic carbocycles. The Hall–Kier alpha value is -1.87. The van der Waals surface area contributed by atoms with Gasteiger partial charge in [-0.05, 0) is 0 Å². The Morgan fingerprint density at radius 3 is 2.00 bits per heavy atom.